The van der Waals surface area contributed by atoms with E-state index < -0.39 is 6.29 Å². The van der Waals surface area contributed by atoms with Crippen LogP contribution in [0.4, 0.5) is 0 Å². The van der Waals surface area contributed by atoms with Gasteiger partial charge in [0, 0.05) is 12.3 Å². The molecule has 9 nitrogen and oxygen atoms in total. The van der Waals surface area contributed by atoms with Crippen LogP contribution >= 0.6 is 0 Å². The molecule has 1 aromatic heterocycles. The van der Waals surface area contributed by atoms with Crippen molar-refractivity contribution in [1.29, 1.82) is 0 Å². The monoisotopic (exact) mass is 359 g/mol. The lowest BCUT2D eigenvalue weighted by Crippen LogP contribution is -2.13. The Bertz CT molecular complexity index is 483. The van der Waals surface area contributed by atoms with E-state index >= 15 is 0 Å². The molecule has 0 aliphatic carbocycles. The molecule has 142 valence electrons. The number of carbonyl (C=O) groups is 1. The Labute approximate surface area is 146 Å². The fourth-order valence-electron chi connectivity index (χ4n) is 1.68. The van der Waals surface area contributed by atoms with Crippen LogP contribution in [0, 0.1) is 0 Å². The summed E-state index contributed by atoms with van der Waals surface area (Å²) in [6, 6.07) is 3.07. The molecule has 1 heterocycles. The zero-order valence-corrected chi connectivity index (χ0v) is 14.3. The van der Waals surface area contributed by atoms with Crippen molar-refractivity contribution in [3.8, 4) is 5.75 Å². The maximum Gasteiger partial charge on any atom is 0.307 e. The predicted octanol–water partition coefficient (Wildman–Crippen LogP) is 0.0565. The molecule has 0 unspecified atom stereocenters. The van der Waals surface area contributed by atoms with Crippen LogP contribution in [0.1, 0.15) is 18.4 Å². The first-order valence-electron chi connectivity index (χ1n) is 7.88. The van der Waals surface area contributed by atoms with Crippen LogP contribution in [0.15, 0.2) is 18.3 Å². The van der Waals surface area contributed by atoms with E-state index in [-0.39, 0.29) is 18.1 Å². The Hall–Kier alpha value is -1.78. The first kappa shape index (κ1) is 21.3. The van der Waals surface area contributed by atoms with Crippen molar-refractivity contribution < 1.29 is 38.7 Å². The van der Waals surface area contributed by atoms with Gasteiger partial charge in [-0.25, -0.2) is 0 Å². The lowest BCUT2D eigenvalue weighted by Gasteiger charge is -2.09. The van der Waals surface area contributed by atoms with Crippen molar-refractivity contribution in [3.63, 3.8) is 0 Å². The number of hydrogen-bond donors (Lipinski definition) is 2. The van der Waals surface area contributed by atoms with E-state index in [0.717, 1.165) is 0 Å². The number of aliphatic hydroxyl groups excluding tert-OH is 1. The van der Waals surface area contributed by atoms with Crippen molar-refractivity contribution in [2.24, 2.45) is 0 Å². The minimum absolute atomic E-state index is 0.126. The number of aliphatic hydroxyl groups is 2. The average Bonchev–Trinajstić information content (AvgIpc) is 2.62. The molecule has 0 amide bonds. The number of rotatable bonds is 14. The summed E-state index contributed by atoms with van der Waals surface area (Å²) >= 11 is 0. The van der Waals surface area contributed by atoms with Gasteiger partial charge in [-0.1, -0.05) is 0 Å². The molecule has 1 aromatic rings. The molecule has 0 aliphatic heterocycles. The van der Waals surface area contributed by atoms with Crippen LogP contribution in [-0.4, -0.2) is 74.5 Å². The normalized spacial score (nSPS) is 10.9. The first-order valence-corrected chi connectivity index (χ1v) is 7.88. The summed E-state index contributed by atoms with van der Waals surface area (Å²) in [5, 5.41) is 18.0. The largest absolute Gasteiger partial charge is 0.491 e. The van der Waals surface area contributed by atoms with Gasteiger partial charge >= 0.3 is 5.97 Å². The summed E-state index contributed by atoms with van der Waals surface area (Å²) in [5.74, 6) is 0.189. The molecule has 0 fully saturated rings. The molecular weight excluding hydrogens is 334 g/mol. The number of hydrogen-bond acceptors (Lipinski definition) is 9. The van der Waals surface area contributed by atoms with E-state index in [2.05, 4.69) is 9.72 Å². The third-order valence-electron chi connectivity index (χ3n) is 2.94. The highest BCUT2D eigenvalue weighted by Gasteiger charge is 2.05. The van der Waals surface area contributed by atoms with Gasteiger partial charge in [0.2, 0.25) is 0 Å². The lowest BCUT2D eigenvalue weighted by molar-refractivity contribution is -0.141. The van der Waals surface area contributed by atoms with Crippen molar-refractivity contribution in [2.45, 2.75) is 12.7 Å². The second kappa shape index (κ2) is 13.5. The van der Waals surface area contributed by atoms with Crippen molar-refractivity contribution in [1.82, 2.24) is 4.98 Å². The van der Waals surface area contributed by atoms with E-state index in [9.17, 15) is 4.79 Å². The second-order valence-electron chi connectivity index (χ2n) is 4.80. The zero-order valence-electron chi connectivity index (χ0n) is 14.3. The Morgan fingerprint density at radius 3 is 2.24 bits per heavy atom. The number of ether oxygens (including phenoxy) is 5. The number of esters is 1. The van der Waals surface area contributed by atoms with E-state index in [1.165, 1.54) is 19.4 Å². The number of aromatic nitrogens is 1. The standard InChI is InChI=1S/C16H25NO8/c1-21-15(18)3-5-22-6-7-23-8-9-24-10-11-25-13-2-4-17-14(12-13)16(19)20/h2,4,12,16,19-20H,3,5-11H2,1H3. The van der Waals surface area contributed by atoms with Crippen LogP contribution in [0.5, 0.6) is 5.75 Å². The molecule has 0 bridgehead atoms. The molecule has 9 heteroatoms. The highest BCUT2D eigenvalue weighted by molar-refractivity contribution is 5.69. The fraction of sp³-hybridized carbons (Fsp3) is 0.625. The fourth-order valence-corrected chi connectivity index (χ4v) is 1.68. The van der Waals surface area contributed by atoms with Crippen molar-refractivity contribution in [2.75, 3.05) is 53.4 Å². The van der Waals surface area contributed by atoms with Crippen molar-refractivity contribution in [3.05, 3.63) is 24.0 Å². The zero-order chi connectivity index (χ0) is 18.3. The summed E-state index contributed by atoms with van der Waals surface area (Å²) < 4.78 is 25.7. The van der Waals surface area contributed by atoms with Crippen LogP contribution in [-0.2, 0) is 23.7 Å². The number of carbonyl (C=O) groups excluding carboxylic acids is 1. The van der Waals surface area contributed by atoms with E-state index in [1.807, 2.05) is 0 Å². The van der Waals surface area contributed by atoms with Crippen LogP contribution < -0.4 is 4.74 Å². The van der Waals surface area contributed by atoms with Gasteiger partial charge in [-0.15, -0.1) is 0 Å². The highest BCUT2D eigenvalue weighted by Crippen LogP contribution is 2.14. The van der Waals surface area contributed by atoms with Gasteiger partial charge in [0.1, 0.15) is 12.4 Å². The van der Waals surface area contributed by atoms with Gasteiger partial charge in [-0.3, -0.25) is 9.78 Å². The first-order chi connectivity index (χ1) is 12.1. The Kier molecular flexibility index (Phi) is 11.5. The molecular formula is C16H25NO8. The Balaban J connectivity index is 1.91. The molecule has 1 rings (SSSR count). The van der Waals surface area contributed by atoms with Gasteiger partial charge in [-0.2, -0.15) is 0 Å². The number of methoxy groups -OCH3 is 1. The van der Waals surface area contributed by atoms with E-state index in [4.69, 9.17) is 29.2 Å². The Morgan fingerprint density at radius 1 is 1.04 bits per heavy atom. The molecule has 0 saturated carbocycles. The summed E-state index contributed by atoms with van der Waals surface area (Å²) in [7, 11) is 1.34. The number of pyridine rings is 1. The summed E-state index contributed by atoms with van der Waals surface area (Å²) in [5.41, 5.74) is 0.126. The smallest absolute Gasteiger partial charge is 0.307 e. The third kappa shape index (κ3) is 10.6. The highest BCUT2D eigenvalue weighted by atomic mass is 16.6. The Morgan fingerprint density at radius 2 is 1.64 bits per heavy atom. The molecule has 0 aliphatic rings. The van der Waals surface area contributed by atoms with E-state index in [0.29, 0.717) is 52.0 Å². The predicted molar refractivity (Wildman–Crippen MR) is 86.0 cm³/mol. The lowest BCUT2D eigenvalue weighted by atomic mass is 10.3. The van der Waals surface area contributed by atoms with Crippen molar-refractivity contribution >= 4 is 5.97 Å². The molecule has 0 radical (unpaired) electrons. The molecule has 0 aromatic carbocycles. The second-order valence-corrected chi connectivity index (χ2v) is 4.80. The van der Waals surface area contributed by atoms with Crippen LogP contribution in [0.3, 0.4) is 0 Å². The molecule has 0 saturated heterocycles. The van der Waals surface area contributed by atoms with Gasteiger partial charge in [0.05, 0.1) is 58.9 Å². The van der Waals surface area contributed by atoms with Crippen LogP contribution in [0.2, 0.25) is 0 Å². The third-order valence-corrected chi connectivity index (χ3v) is 2.94. The molecule has 2 N–H and O–H groups in total. The SMILES string of the molecule is COC(=O)CCOCCOCCOCCOc1ccnc(C(O)O)c1. The maximum absolute atomic E-state index is 10.8. The van der Waals surface area contributed by atoms with Gasteiger partial charge in [-0.05, 0) is 6.07 Å². The molecule has 0 atom stereocenters. The minimum atomic E-state index is -1.62. The molecule has 25 heavy (non-hydrogen) atoms. The van der Waals surface area contributed by atoms with Crippen LogP contribution in [0.25, 0.3) is 0 Å². The number of nitrogens with zero attached hydrogens (tertiary/aromatic N) is 1. The molecule has 0 spiro atoms. The summed E-state index contributed by atoms with van der Waals surface area (Å²) in [6.07, 6.45) is 0.0448. The topological polar surface area (TPSA) is 117 Å². The van der Waals surface area contributed by atoms with E-state index in [1.54, 1.807) is 6.07 Å². The van der Waals surface area contributed by atoms with Gasteiger partial charge in [0.25, 0.3) is 0 Å². The quantitative estimate of drug-likeness (QED) is 0.270. The maximum atomic E-state index is 10.8. The summed E-state index contributed by atoms with van der Waals surface area (Å²) in [4.78, 5) is 14.6. The van der Waals surface area contributed by atoms with Gasteiger partial charge < -0.3 is 33.9 Å². The van der Waals surface area contributed by atoms with Gasteiger partial charge in [0.15, 0.2) is 6.29 Å². The summed E-state index contributed by atoms with van der Waals surface area (Å²) in [6.45, 7) is 2.68. The minimum Gasteiger partial charge on any atom is -0.491 e. The average molecular weight is 359 g/mol.